The number of rotatable bonds is 6. The molecule has 5 rings (SSSR count). The van der Waals surface area contributed by atoms with E-state index in [0.29, 0.717) is 0 Å². The number of benzene rings is 3. The molecule has 0 bridgehead atoms. The topological polar surface area (TPSA) is 21.7 Å². The standard InChI is InChI=1S/C31H35NO2/c1-22-7-10-25(11-8-22)30-24(3)28-16-9-23(2)21-29(28)34-31(30)26-12-14-27(15-13-26)33-20-19-32-17-5-4-6-18-32/h7-16,21,31H,4-6,17-20H2,1-3H3. The summed E-state index contributed by atoms with van der Waals surface area (Å²) in [7, 11) is 0. The van der Waals surface area contributed by atoms with Gasteiger partial charge in [0, 0.05) is 17.7 Å². The third-order valence-electron chi connectivity index (χ3n) is 7.12. The molecule has 2 aliphatic heterocycles. The van der Waals surface area contributed by atoms with E-state index in [9.17, 15) is 0 Å². The van der Waals surface area contributed by atoms with Gasteiger partial charge in [-0.15, -0.1) is 0 Å². The fourth-order valence-corrected chi connectivity index (χ4v) is 5.11. The Labute approximate surface area is 204 Å². The predicted octanol–water partition coefficient (Wildman–Crippen LogP) is 7.23. The normalized spacial score (nSPS) is 18.4. The maximum Gasteiger partial charge on any atom is 0.150 e. The van der Waals surface area contributed by atoms with Crippen LogP contribution in [0.5, 0.6) is 11.5 Å². The van der Waals surface area contributed by atoms with Gasteiger partial charge in [-0.3, -0.25) is 4.90 Å². The van der Waals surface area contributed by atoms with Crippen molar-refractivity contribution in [2.75, 3.05) is 26.2 Å². The summed E-state index contributed by atoms with van der Waals surface area (Å²) in [5, 5.41) is 0. The van der Waals surface area contributed by atoms with Gasteiger partial charge in [-0.05, 0) is 87.2 Å². The smallest absolute Gasteiger partial charge is 0.150 e. The third-order valence-corrected chi connectivity index (χ3v) is 7.12. The molecule has 0 spiro atoms. The van der Waals surface area contributed by atoms with Gasteiger partial charge in [0.2, 0.25) is 0 Å². The molecule has 1 fully saturated rings. The van der Waals surface area contributed by atoms with E-state index in [4.69, 9.17) is 9.47 Å². The molecule has 176 valence electrons. The van der Waals surface area contributed by atoms with Crippen molar-refractivity contribution in [3.05, 3.63) is 94.5 Å². The summed E-state index contributed by atoms with van der Waals surface area (Å²) in [5.41, 5.74) is 8.51. The van der Waals surface area contributed by atoms with Crippen molar-refractivity contribution in [2.45, 2.75) is 46.1 Å². The summed E-state index contributed by atoms with van der Waals surface area (Å²) in [6.45, 7) is 10.6. The first-order valence-electron chi connectivity index (χ1n) is 12.6. The van der Waals surface area contributed by atoms with Gasteiger partial charge in [-0.1, -0.05) is 60.5 Å². The largest absolute Gasteiger partial charge is 0.492 e. The van der Waals surface area contributed by atoms with Crippen LogP contribution in [0.1, 0.15) is 60.1 Å². The summed E-state index contributed by atoms with van der Waals surface area (Å²) in [5.74, 6) is 1.88. The van der Waals surface area contributed by atoms with E-state index < -0.39 is 0 Å². The second kappa shape index (κ2) is 10.1. The Balaban J connectivity index is 1.39. The number of nitrogens with zero attached hydrogens (tertiary/aromatic N) is 1. The molecule has 3 heteroatoms. The Bertz CT molecular complexity index is 1160. The summed E-state index contributed by atoms with van der Waals surface area (Å²) >= 11 is 0. The summed E-state index contributed by atoms with van der Waals surface area (Å²) in [6.07, 6.45) is 3.84. The number of fused-ring (bicyclic) bond motifs is 1. The average Bonchev–Trinajstić information content (AvgIpc) is 2.86. The van der Waals surface area contributed by atoms with Crippen molar-refractivity contribution in [3.63, 3.8) is 0 Å². The molecule has 0 radical (unpaired) electrons. The number of hydrogen-bond acceptors (Lipinski definition) is 3. The van der Waals surface area contributed by atoms with Crippen LogP contribution in [0.4, 0.5) is 0 Å². The molecule has 3 aromatic carbocycles. The molecule has 2 heterocycles. The van der Waals surface area contributed by atoms with E-state index >= 15 is 0 Å². The van der Waals surface area contributed by atoms with Crippen LogP contribution in [0, 0.1) is 13.8 Å². The minimum absolute atomic E-state index is 0.153. The van der Waals surface area contributed by atoms with Crippen LogP contribution >= 0.6 is 0 Å². The monoisotopic (exact) mass is 453 g/mol. The molecule has 34 heavy (non-hydrogen) atoms. The van der Waals surface area contributed by atoms with Gasteiger partial charge < -0.3 is 9.47 Å². The van der Waals surface area contributed by atoms with Gasteiger partial charge in [0.05, 0.1) is 0 Å². The highest BCUT2D eigenvalue weighted by atomic mass is 16.5. The van der Waals surface area contributed by atoms with Crippen molar-refractivity contribution < 1.29 is 9.47 Å². The summed E-state index contributed by atoms with van der Waals surface area (Å²) in [6, 6.07) is 23.8. The van der Waals surface area contributed by atoms with Crippen LogP contribution in [0.2, 0.25) is 0 Å². The first-order valence-corrected chi connectivity index (χ1v) is 12.6. The van der Waals surface area contributed by atoms with Crippen LogP contribution in [0.15, 0.2) is 66.7 Å². The van der Waals surface area contributed by atoms with Crippen LogP contribution in [-0.4, -0.2) is 31.1 Å². The highest BCUT2D eigenvalue weighted by molar-refractivity contribution is 5.95. The van der Waals surface area contributed by atoms with Crippen LogP contribution in [0.25, 0.3) is 11.1 Å². The van der Waals surface area contributed by atoms with Crippen molar-refractivity contribution in [1.82, 2.24) is 4.90 Å². The minimum Gasteiger partial charge on any atom is -0.492 e. The number of piperidine rings is 1. The lowest BCUT2D eigenvalue weighted by Crippen LogP contribution is -2.33. The molecule has 1 atom stereocenters. The molecule has 0 N–H and O–H groups in total. The van der Waals surface area contributed by atoms with Gasteiger partial charge in [-0.25, -0.2) is 0 Å². The van der Waals surface area contributed by atoms with Gasteiger partial charge in [-0.2, -0.15) is 0 Å². The first kappa shape index (κ1) is 22.7. The molecule has 2 aliphatic rings. The fraction of sp³-hybridized carbons (Fsp3) is 0.355. The maximum atomic E-state index is 6.66. The highest BCUT2D eigenvalue weighted by Gasteiger charge is 2.29. The highest BCUT2D eigenvalue weighted by Crippen LogP contribution is 2.46. The summed E-state index contributed by atoms with van der Waals surface area (Å²) < 4.78 is 12.7. The van der Waals surface area contributed by atoms with E-state index in [-0.39, 0.29) is 6.10 Å². The number of allylic oxidation sites excluding steroid dienone is 1. The zero-order valence-electron chi connectivity index (χ0n) is 20.6. The second-order valence-corrected chi connectivity index (χ2v) is 9.72. The SMILES string of the molecule is CC1=C(c2ccc(C)cc2)C(c2ccc(OCCN3CCCCC3)cc2)Oc2cc(C)ccc21. The zero-order chi connectivity index (χ0) is 23.5. The van der Waals surface area contributed by atoms with E-state index in [2.05, 4.69) is 92.4 Å². The molecule has 0 aliphatic carbocycles. The van der Waals surface area contributed by atoms with Crippen LogP contribution < -0.4 is 9.47 Å². The lowest BCUT2D eigenvalue weighted by molar-refractivity contribution is 0.183. The molecular weight excluding hydrogens is 418 g/mol. The quantitative estimate of drug-likeness (QED) is 0.393. The lowest BCUT2D eigenvalue weighted by atomic mass is 9.85. The molecule has 0 aromatic heterocycles. The van der Waals surface area contributed by atoms with E-state index in [1.165, 1.54) is 65.8 Å². The van der Waals surface area contributed by atoms with Crippen molar-refractivity contribution >= 4 is 11.1 Å². The Hall–Kier alpha value is -3.04. The average molecular weight is 454 g/mol. The molecule has 3 nitrogen and oxygen atoms in total. The number of aryl methyl sites for hydroxylation is 2. The van der Waals surface area contributed by atoms with Crippen LogP contribution in [-0.2, 0) is 0 Å². The minimum atomic E-state index is -0.153. The summed E-state index contributed by atoms with van der Waals surface area (Å²) in [4.78, 5) is 2.51. The molecule has 3 aromatic rings. The number of ether oxygens (including phenoxy) is 2. The van der Waals surface area contributed by atoms with Crippen molar-refractivity contribution in [1.29, 1.82) is 0 Å². The lowest BCUT2D eigenvalue weighted by Gasteiger charge is -2.31. The molecular formula is C31H35NO2. The van der Waals surface area contributed by atoms with Gasteiger partial charge >= 0.3 is 0 Å². The Morgan fingerprint density at radius 2 is 1.53 bits per heavy atom. The fourth-order valence-electron chi connectivity index (χ4n) is 5.11. The van der Waals surface area contributed by atoms with Gasteiger partial charge in [0.25, 0.3) is 0 Å². The van der Waals surface area contributed by atoms with E-state index in [0.717, 1.165) is 30.2 Å². The Morgan fingerprint density at radius 1 is 0.824 bits per heavy atom. The molecule has 0 saturated carbocycles. The predicted molar refractivity (Wildman–Crippen MR) is 140 cm³/mol. The van der Waals surface area contributed by atoms with E-state index in [1.54, 1.807) is 0 Å². The van der Waals surface area contributed by atoms with Crippen molar-refractivity contribution in [2.24, 2.45) is 0 Å². The Kier molecular flexibility index (Phi) is 6.73. The van der Waals surface area contributed by atoms with Gasteiger partial charge in [0.15, 0.2) is 0 Å². The molecule has 1 unspecified atom stereocenters. The number of hydrogen-bond donors (Lipinski definition) is 0. The Morgan fingerprint density at radius 3 is 2.26 bits per heavy atom. The zero-order valence-corrected chi connectivity index (χ0v) is 20.6. The van der Waals surface area contributed by atoms with Gasteiger partial charge in [0.1, 0.15) is 24.2 Å². The van der Waals surface area contributed by atoms with Crippen LogP contribution in [0.3, 0.4) is 0 Å². The number of likely N-dealkylation sites (tertiary alicyclic amines) is 1. The molecule has 0 amide bonds. The van der Waals surface area contributed by atoms with E-state index in [1.807, 2.05) is 0 Å². The van der Waals surface area contributed by atoms with Crippen molar-refractivity contribution in [3.8, 4) is 11.5 Å². The molecule has 1 saturated heterocycles. The third kappa shape index (κ3) is 4.90. The second-order valence-electron chi connectivity index (χ2n) is 9.72. The maximum absolute atomic E-state index is 6.66. The first-order chi connectivity index (χ1) is 16.6.